The molecule has 1 N–H and O–H groups in total. The van der Waals surface area contributed by atoms with Crippen molar-refractivity contribution < 1.29 is 9.59 Å². The van der Waals surface area contributed by atoms with Crippen LogP contribution in [0.2, 0.25) is 0 Å². The SMILES string of the molecule is CNC(=O)c1cccc(CCC(=O)N2CCCCC2C2CCC2)c1. The zero-order valence-electron chi connectivity index (χ0n) is 14.6. The normalized spacial score (nSPS) is 21.2. The highest BCUT2D eigenvalue weighted by atomic mass is 16.2. The third kappa shape index (κ3) is 3.80. The minimum atomic E-state index is -0.0794. The molecule has 0 aromatic heterocycles. The summed E-state index contributed by atoms with van der Waals surface area (Å²) in [6, 6.07) is 8.08. The van der Waals surface area contributed by atoms with Crippen LogP contribution >= 0.6 is 0 Å². The van der Waals surface area contributed by atoms with Gasteiger partial charge in [0, 0.05) is 31.6 Å². The van der Waals surface area contributed by atoms with E-state index in [1.807, 2.05) is 18.2 Å². The molecule has 1 heterocycles. The Morgan fingerprint density at radius 2 is 2.00 bits per heavy atom. The number of nitrogens with one attached hydrogen (secondary N) is 1. The smallest absolute Gasteiger partial charge is 0.251 e. The van der Waals surface area contributed by atoms with Crippen molar-refractivity contribution in [3.05, 3.63) is 35.4 Å². The number of hydrogen-bond acceptors (Lipinski definition) is 2. The number of carbonyl (C=O) groups excluding carboxylic acids is 2. The molecule has 24 heavy (non-hydrogen) atoms. The molecule has 130 valence electrons. The molecule has 1 aliphatic carbocycles. The van der Waals surface area contributed by atoms with Crippen LogP contribution in [0.4, 0.5) is 0 Å². The Morgan fingerprint density at radius 1 is 1.17 bits per heavy atom. The zero-order valence-corrected chi connectivity index (χ0v) is 14.6. The van der Waals surface area contributed by atoms with Crippen LogP contribution in [0, 0.1) is 5.92 Å². The lowest BCUT2D eigenvalue weighted by Crippen LogP contribution is -2.49. The van der Waals surface area contributed by atoms with Crippen LogP contribution in [0.1, 0.15) is 60.9 Å². The van der Waals surface area contributed by atoms with Crippen molar-refractivity contribution in [3.8, 4) is 0 Å². The monoisotopic (exact) mass is 328 g/mol. The van der Waals surface area contributed by atoms with Crippen LogP contribution in [0.15, 0.2) is 24.3 Å². The fraction of sp³-hybridized carbons (Fsp3) is 0.600. The maximum atomic E-state index is 12.7. The van der Waals surface area contributed by atoms with Gasteiger partial charge in [0.05, 0.1) is 0 Å². The van der Waals surface area contributed by atoms with Gasteiger partial charge in [-0.1, -0.05) is 18.6 Å². The van der Waals surface area contributed by atoms with E-state index in [1.54, 1.807) is 13.1 Å². The second-order valence-corrected chi connectivity index (χ2v) is 7.12. The fourth-order valence-electron chi connectivity index (χ4n) is 3.99. The Hall–Kier alpha value is -1.84. The van der Waals surface area contributed by atoms with Crippen molar-refractivity contribution in [2.24, 2.45) is 5.92 Å². The molecule has 1 saturated heterocycles. The van der Waals surface area contributed by atoms with Crippen molar-refractivity contribution in [1.29, 1.82) is 0 Å². The Bertz CT molecular complexity index is 595. The summed E-state index contributed by atoms with van der Waals surface area (Å²) >= 11 is 0. The van der Waals surface area contributed by atoms with Gasteiger partial charge in [-0.05, 0) is 62.1 Å². The van der Waals surface area contributed by atoms with Gasteiger partial charge in [0.25, 0.3) is 5.91 Å². The highest BCUT2D eigenvalue weighted by Crippen LogP contribution is 2.36. The van der Waals surface area contributed by atoms with E-state index in [4.69, 9.17) is 0 Å². The lowest BCUT2D eigenvalue weighted by atomic mass is 9.76. The molecule has 2 fully saturated rings. The van der Waals surface area contributed by atoms with Gasteiger partial charge >= 0.3 is 0 Å². The molecule has 1 aromatic rings. The molecule has 3 rings (SSSR count). The second kappa shape index (κ2) is 7.82. The van der Waals surface area contributed by atoms with Crippen LogP contribution < -0.4 is 5.32 Å². The largest absolute Gasteiger partial charge is 0.355 e. The van der Waals surface area contributed by atoms with E-state index in [2.05, 4.69) is 10.2 Å². The molecular formula is C20H28N2O2. The Labute approximate surface area is 144 Å². The molecule has 1 atom stereocenters. The number of amides is 2. The summed E-state index contributed by atoms with van der Waals surface area (Å²) in [6.45, 7) is 0.929. The number of piperidine rings is 1. The van der Waals surface area contributed by atoms with Gasteiger partial charge in [0.1, 0.15) is 0 Å². The van der Waals surface area contributed by atoms with E-state index in [0.29, 0.717) is 24.4 Å². The van der Waals surface area contributed by atoms with Crippen LogP contribution in [0.5, 0.6) is 0 Å². The van der Waals surface area contributed by atoms with E-state index in [-0.39, 0.29) is 11.8 Å². The van der Waals surface area contributed by atoms with E-state index in [1.165, 1.54) is 32.1 Å². The molecule has 2 amide bonds. The van der Waals surface area contributed by atoms with Crippen LogP contribution in [-0.2, 0) is 11.2 Å². The molecular weight excluding hydrogens is 300 g/mol. The van der Waals surface area contributed by atoms with Crippen molar-refractivity contribution >= 4 is 11.8 Å². The topological polar surface area (TPSA) is 49.4 Å². The first-order chi connectivity index (χ1) is 11.7. The number of carbonyl (C=O) groups is 2. The summed E-state index contributed by atoms with van der Waals surface area (Å²) in [5.74, 6) is 0.951. The van der Waals surface area contributed by atoms with Crippen LogP contribution in [-0.4, -0.2) is 36.3 Å². The minimum Gasteiger partial charge on any atom is -0.355 e. The van der Waals surface area contributed by atoms with Gasteiger partial charge in [-0.15, -0.1) is 0 Å². The first kappa shape index (κ1) is 17.0. The molecule has 1 unspecified atom stereocenters. The van der Waals surface area contributed by atoms with Crippen molar-refractivity contribution in [1.82, 2.24) is 10.2 Å². The van der Waals surface area contributed by atoms with Crippen LogP contribution in [0.25, 0.3) is 0 Å². The number of likely N-dealkylation sites (tertiary alicyclic amines) is 1. The number of aryl methyl sites for hydroxylation is 1. The summed E-state index contributed by atoms with van der Waals surface area (Å²) in [5, 5.41) is 2.64. The quantitative estimate of drug-likeness (QED) is 0.902. The first-order valence-electron chi connectivity index (χ1n) is 9.29. The number of hydrogen-bond donors (Lipinski definition) is 1. The fourth-order valence-corrected chi connectivity index (χ4v) is 3.99. The zero-order chi connectivity index (χ0) is 16.9. The Morgan fingerprint density at radius 3 is 2.71 bits per heavy atom. The first-order valence-corrected chi connectivity index (χ1v) is 9.29. The summed E-state index contributed by atoms with van der Waals surface area (Å²) in [5.41, 5.74) is 1.72. The molecule has 1 aliphatic heterocycles. The van der Waals surface area contributed by atoms with Gasteiger partial charge in [0.15, 0.2) is 0 Å². The van der Waals surface area contributed by atoms with E-state index in [9.17, 15) is 9.59 Å². The van der Waals surface area contributed by atoms with Crippen molar-refractivity contribution in [2.45, 2.75) is 57.4 Å². The van der Waals surface area contributed by atoms with Gasteiger partial charge in [-0.25, -0.2) is 0 Å². The predicted molar refractivity (Wildman–Crippen MR) is 94.8 cm³/mol. The molecule has 0 bridgehead atoms. The Balaban J connectivity index is 1.59. The molecule has 2 aliphatic rings. The molecule has 0 radical (unpaired) electrons. The highest BCUT2D eigenvalue weighted by molar-refractivity contribution is 5.94. The highest BCUT2D eigenvalue weighted by Gasteiger charge is 2.35. The molecule has 4 heteroatoms. The van der Waals surface area contributed by atoms with Gasteiger partial charge in [0.2, 0.25) is 5.91 Å². The number of benzene rings is 1. The maximum absolute atomic E-state index is 12.7. The third-order valence-corrected chi connectivity index (χ3v) is 5.61. The number of nitrogens with zero attached hydrogens (tertiary/aromatic N) is 1. The summed E-state index contributed by atoms with van der Waals surface area (Å²) in [6.07, 6.45) is 8.75. The standard InChI is InChI=1S/C20H28N2O2/c1-21-20(24)17-9-4-6-15(14-17)11-12-19(23)22-13-3-2-10-18(22)16-7-5-8-16/h4,6,9,14,16,18H,2-3,5,7-8,10-13H2,1H3,(H,21,24). The molecule has 4 nitrogen and oxygen atoms in total. The average molecular weight is 328 g/mol. The summed E-state index contributed by atoms with van der Waals surface area (Å²) in [7, 11) is 1.63. The number of rotatable bonds is 5. The maximum Gasteiger partial charge on any atom is 0.251 e. The second-order valence-electron chi connectivity index (χ2n) is 7.12. The summed E-state index contributed by atoms with van der Waals surface area (Å²) in [4.78, 5) is 26.6. The van der Waals surface area contributed by atoms with Gasteiger partial charge < -0.3 is 10.2 Å². The van der Waals surface area contributed by atoms with Gasteiger partial charge in [-0.2, -0.15) is 0 Å². The van der Waals surface area contributed by atoms with E-state index >= 15 is 0 Å². The molecule has 0 spiro atoms. The lowest BCUT2D eigenvalue weighted by molar-refractivity contribution is -0.137. The van der Waals surface area contributed by atoms with Crippen molar-refractivity contribution in [3.63, 3.8) is 0 Å². The van der Waals surface area contributed by atoms with Crippen LogP contribution in [0.3, 0.4) is 0 Å². The Kier molecular flexibility index (Phi) is 5.54. The third-order valence-electron chi connectivity index (χ3n) is 5.61. The summed E-state index contributed by atoms with van der Waals surface area (Å²) < 4.78 is 0. The van der Waals surface area contributed by atoms with E-state index in [0.717, 1.165) is 24.4 Å². The average Bonchev–Trinajstić information content (AvgIpc) is 2.58. The van der Waals surface area contributed by atoms with E-state index < -0.39 is 0 Å². The molecule has 1 aromatic carbocycles. The minimum absolute atomic E-state index is 0.0794. The van der Waals surface area contributed by atoms with Gasteiger partial charge in [-0.3, -0.25) is 9.59 Å². The lowest BCUT2D eigenvalue weighted by Gasteiger charge is -2.44. The van der Waals surface area contributed by atoms with Crippen molar-refractivity contribution in [2.75, 3.05) is 13.6 Å². The predicted octanol–water partition coefficient (Wildman–Crippen LogP) is 3.16. The molecule has 1 saturated carbocycles.